The number of benzene rings is 1. The number of anilines is 1. The number of aryl methyl sites for hydroxylation is 1. The lowest BCUT2D eigenvalue weighted by Gasteiger charge is -2.32. The van der Waals surface area contributed by atoms with E-state index in [1.807, 2.05) is 18.2 Å². The highest BCUT2D eigenvalue weighted by Crippen LogP contribution is 2.23. The monoisotopic (exact) mass is 345 g/mol. The van der Waals surface area contributed by atoms with Crippen molar-refractivity contribution in [1.29, 1.82) is 5.26 Å². The van der Waals surface area contributed by atoms with Gasteiger partial charge < -0.3 is 5.32 Å². The molecule has 24 heavy (non-hydrogen) atoms. The molecule has 1 saturated heterocycles. The summed E-state index contributed by atoms with van der Waals surface area (Å²) in [5, 5.41) is 16.6. The van der Waals surface area contributed by atoms with Gasteiger partial charge in [-0.25, -0.2) is 8.42 Å². The van der Waals surface area contributed by atoms with Crippen LogP contribution in [0.1, 0.15) is 18.4 Å². The number of para-hydroxylation sites is 1. The van der Waals surface area contributed by atoms with Crippen LogP contribution in [0.25, 0.3) is 0 Å². The molecular weight excluding hydrogens is 326 g/mol. The van der Waals surface area contributed by atoms with Crippen LogP contribution in [0.5, 0.6) is 0 Å². The van der Waals surface area contributed by atoms with E-state index < -0.39 is 10.0 Å². The Morgan fingerprint density at radius 1 is 1.25 bits per heavy atom. The molecule has 1 aromatic heterocycles. The zero-order chi connectivity index (χ0) is 17.2. The number of nitrogens with one attached hydrogen (secondary N) is 1. The normalized spacial score (nSPS) is 16.7. The molecule has 3 rings (SSSR count). The van der Waals surface area contributed by atoms with Crippen molar-refractivity contribution < 1.29 is 8.42 Å². The third-order valence-corrected chi connectivity index (χ3v) is 6.22. The van der Waals surface area contributed by atoms with Crippen LogP contribution in [0.15, 0.2) is 41.6 Å². The second kappa shape index (κ2) is 6.63. The molecule has 1 aliphatic heterocycles. The van der Waals surface area contributed by atoms with Crippen molar-refractivity contribution in [3.05, 3.63) is 42.1 Å². The van der Waals surface area contributed by atoms with Gasteiger partial charge in [-0.05, 0) is 31.0 Å². The highest BCUT2D eigenvalue weighted by molar-refractivity contribution is 7.89. The van der Waals surface area contributed by atoms with Crippen LogP contribution in [0.4, 0.5) is 5.69 Å². The quantitative estimate of drug-likeness (QED) is 0.908. The first kappa shape index (κ1) is 16.5. The molecule has 1 aromatic carbocycles. The molecule has 0 aliphatic carbocycles. The highest BCUT2D eigenvalue weighted by atomic mass is 32.2. The van der Waals surface area contributed by atoms with Crippen molar-refractivity contribution in [1.82, 2.24) is 14.1 Å². The van der Waals surface area contributed by atoms with Gasteiger partial charge in [-0.15, -0.1) is 0 Å². The number of hydrogen-bond donors (Lipinski definition) is 1. The molecule has 2 aromatic rings. The Morgan fingerprint density at radius 2 is 1.96 bits per heavy atom. The molecule has 2 heterocycles. The van der Waals surface area contributed by atoms with Gasteiger partial charge in [-0.1, -0.05) is 12.1 Å². The summed E-state index contributed by atoms with van der Waals surface area (Å²) in [5.41, 5.74) is 1.40. The van der Waals surface area contributed by atoms with Crippen molar-refractivity contribution in [2.45, 2.75) is 23.9 Å². The van der Waals surface area contributed by atoms with E-state index in [-0.39, 0.29) is 11.1 Å². The Kier molecular flexibility index (Phi) is 4.55. The van der Waals surface area contributed by atoms with Gasteiger partial charge in [0.15, 0.2) is 5.03 Å². The molecule has 0 radical (unpaired) electrons. The Balaban J connectivity index is 1.66. The number of nitrogens with zero attached hydrogens (tertiary/aromatic N) is 4. The predicted molar refractivity (Wildman–Crippen MR) is 89.8 cm³/mol. The molecule has 0 atom stereocenters. The van der Waals surface area contributed by atoms with Gasteiger partial charge in [0, 0.05) is 26.2 Å². The first-order chi connectivity index (χ1) is 11.5. The van der Waals surface area contributed by atoms with Gasteiger partial charge in [0.25, 0.3) is 10.0 Å². The van der Waals surface area contributed by atoms with Gasteiger partial charge >= 0.3 is 0 Å². The number of nitriles is 1. The Labute approximate surface area is 141 Å². The Hall–Kier alpha value is -2.37. The topological polar surface area (TPSA) is 91.0 Å². The van der Waals surface area contributed by atoms with E-state index in [9.17, 15) is 8.42 Å². The van der Waals surface area contributed by atoms with E-state index in [1.54, 1.807) is 13.1 Å². The average Bonchev–Trinajstić information content (AvgIpc) is 3.03. The van der Waals surface area contributed by atoms with Gasteiger partial charge in [-0.2, -0.15) is 14.7 Å². The van der Waals surface area contributed by atoms with E-state index in [1.165, 1.54) is 21.3 Å². The maximum absolute atomic E-state index is 12.6. The van der Waals surface area contributed by atoms with Crippen LogP contribution in [-0.2, 0) is 17.1 Å². The molecule has 7 nitrogen and oxygen atoms in total. The summed E-state index contributed by atoms with van der Waals surface area (Å²) in [4.78, 5) is 0. The van der Waals surface area contributed by atoms with Gasteiger partial charge in [0.05, 0.1) is 17.4 Å². The molecular formula is C16H19N5O2S. The summed E-state index contributed by atoms with van der Waals surface area (Å²) >= 11 is 0. The number of sulfonamides is 1. The van der Waals surface area contributed by atoms with Crippen LogP contribution in [-0.4, -0.2) is 41.6 Å². The maximum atomic E-state index is 12.6. The molecule has 1 N–H and O–H groups in total. The number of piperidine rings is 1. The first-order valence-corrected chi connectivity index (χ1v) is 9.20. The van der Waals surface area contributed by atoms with Crippen LogP contribution < -0.4 is 5.32 Å². The lowest BCUT2D eigenvalue weighted by atomic mass is 10.1. The average molecular weight is 345 g/mol. The summed E-state index contributed by atoms with van der Waals surface area (Å²) in [6.07, 6.45) is 2.87. The molecule has 0 amide bonds. The van der Waals surface area contributed by atoms with E-state index in [0.29, 0.717) is 31.5 Å². The van der Waals surface area contributed by atoms with E-state index in [4.69, 9.17) is 5.26 Å². The molecule has 0 saturated carbocycles. The van der Waals surface area contributed by atoms with Crippen molar-refractivity contribution in [3.8, 4) is 6.07 Å². The summed E-state index contributed by atoms with van der Waals surface area (Å²) in [7, 11) is -1.88. The zero-order valence-corrected chi connectivity index (χ0v) is 14.2. The molecule has 0 spiro atoms. The SMILES string of the molecule is Cn1nccc1S(=O)(=O)N1CCC(Nc2ccccc2C#N)CC1. The lowest BCUT2D eigenvalue weighted by Crippen LogP contribution is -2.42. The van der Waals surface area contributed by atoms with Gasteiger partial charge in [-0.3, -0.25) is 4.68 Å². The van der Waals surface area contributed by atoms with Crippen LogP contribution in [0.2, 0.25) is 0 Å². The van der Waals surface area contributed by atoms with Crippen molar-refractivity contribution in [2.75, 3.05) is 18.4 Å². The summed E-state index contributed by atoms with van der Waals surface area (Å²) < 4.78 is 28.1. The Bertz CT molecular complexity index is 861. The lowest BCUT2D eigenvalue weighted by molar-refractivity contribution is 0.327. The van der Waals surface area contributed by atoms with Crippen LogP contribution >= 0.6 is 0 Å². The smallest absolute Gasteiger partial charge is 0.260 e. The molecule has 126 valence electrons. The fraction of sp³-hybridized carbons (Fsp3) is 0.375. The van der Waals surface area contributed by atoms with Crippen LogP contribution in [0, 0.1) is 11.3 Å². The molecule has 0 unspecified atom stereocenters. The van der Waals surface area contributed by atoms with Gasteiger partial charge in [0.2, 0.25) is 0 Å². The Morgan fingerprint density at radius 3 is 2.58 bits per heavy atom. The van der Waals surface area contributed by atoms with Crippen molar-refractivity contribution in [3.63, 3.8) is 0 Å². The molecule has 1 fully saturated rings. The third-order valence-electron chi connectivity index (χ3n) is 4.24. The molecule has 0 bridgehead atoms. The second-order valence-electron chi connectivity index (χ2n) is 5.77. The standard InChI is InChI=1S/C16H19N5O2S/c1-20-16(6-9-18-20)24(22,23)21-10-7-14(8-11-21)19-15-5-3-2-4-13(15)12-17/h2-6,9,14,19H,7-8,10-11H2,1H3. The van der Waals surface area contributed by atoms with Crippen molar-refractivity contribution in [2.24, 2.45) is 7.05 Å². The minimum Gasteiger partial charge on any atom is -0.381 e. The largest absolute Gasteiger partial charge is 0.381 e. The fourth-order valence-electron chi connectivity index (χ4n) is 2.91. The predicted octanol–water partition coefficient (Wildman–Crippen LogP) is 1.56. The summed E-state index contributed by atoms with van der Waals surface area (Å²) in [5.74, 6) is 0. The molecule has 8 heteroatoms. The first-order valence-electron chi connectivity index (χ1n) is 7.76. The van der Waals surface area contributed by atoms with Gasteiger partial charge in [0.1, 0.15) is 6.07 Å². The highest BCUT2D eigenvalue weighted by Gasteiger charge is 2.31. The summed E-state index contributed by atoms with van der Waals surface area (Å²) in [6.45, 7) is 0.889. The zero-order valence-electron chi connectivity index (χ0n) is 13.4. The van der Waals surface area contributed by atoms with E-state index in [0.717, 1.165) is 5.69 Å². The second-order valence-corrected chi connectivity index (χ2v) is 7.66. The number of aromatic nitrogens is 2. The van der Waals surface area contributed by atoms with Crippen molar-refractivity contribution >= 4 is 15.7 Å². The number of hydrogen-bond acceptors (Lipinski definition) is 5. The van der Waals surface area contributed by atoms with E-state index in [2.05, 4.69) is 16.5 Å². The number of rotatable bonds is 4. The summed E-state index contributed by atoms with van der Waals surface area (Å²) in [6, 6.07) is 11.2. The third kappa shape index (κ3) is 3.13. The minimum atomic E-state index is -3.50. The van der Waals surface area contributed by atoms with Crippen LogP contribution in [0.3, 0.4) is 0 Å². The molecule has 1 aliphatic rings. The maximum Gasteiger partial charge on any atom is 0.260 e. The fourth-order valence-corrected chi connectivity index (χ4v) is 4.48. The van der Waals surface area contributed by atoms with E-state index >= 15 is 0 Å². The minimum absolute atomic E-state index is 0.150.